The summed E-state index contributed by atoms with van der Waals surface area (Å²) in [5, 5.41) is 11.6. The molecule has 0 aliphatic rings. The fraction of sp³-hybridized carbons (Fsp3) is 0.333. The van der Waals surface area contributed by atoms with E-state index >= 15 is 0 Å². The van der Waals surface area contributed by atoms with Crippen LogP contribution in [0.2, 0.25) is 0 Å². The van der Waals surface area contributed by atoms with Gasteiger partial charge in [0.15, 0.2) is 0 Å². The predicted molar refractivity (Wildman–Crippen MR) is 85.6 cm³/mol. The van der Waals surface area contributed by atoms with Gasteiger partial charge in [0.25, 0.3) is 0 Å². The van der Waals surface area contributed by atoms with Crippen LogP contribution in [0, 0.1) is 12.3 Å². The molecule has 112 valence electrons. The highest BCUT2D eigenvalue weighted by atomic mass is 32.2. The Morgan fingerprint density at radius 2 is 2.05 bits per heavy atom. The van der Waals surface area contributed by atoms with Crippen LogP contribution in [0.3, 0.4) is 0 Å². The van der Waals surface area contributed by atoms with Crippen LogP contribution in [0.1, 0.15) is 6.42 Å². The Morgan fingerprint density at radius 1 is 1.33 bits per heavy atom. The number of aliphatic carboxylic acids is 1. The van der Waals surface area contributed by atoms with Gasteiger partial charge in [0.05, 0.1) is 12.2 Å². The molecule has 0 aromatic heterocycles. The van der Waals surface area contributed by atoms with Crippen LogP contribution in [0.15, 0.2) is 30.3 Å². The Balaban J connectivity index is 2.57. The second-order valence-electron chi connectivity index (χ2n) is 4.12. The van der Waals surface area contributed by atoms with Gasteiger partial charge in [-0.2, -0.15) is 0 Å². The maximum Gasteiger partial charge on any atom is 0.321 e. The molecule has 0 unspecified atom stereocenters. The third-order valence-electron chi connectivity index (χ3n) is 2.57. The average molecular weight is 306 g/mol. The molecule has 6 heteroatoms. The Hall–Kier alpha value is -2.13. The molecule has 0 saturated carbocycles. The summed E-state index contributed by atoms with van der Waals surface area (Å²) in [6.45, 7) is 0.615. The van der Waals surface area contributed by atoms with Gasteiger partial charge < -0.3 is 10.4 Å². The maximum absolute atomic E-state index is 12.2. The van der Waals surface area contributed by atoms with Crippen LogP contribution in [0.4, 0.5) is 10.5 Å². The van der Waals surface area contributed by atoms with E-state index in [2.05, 4.69) is 11.2 Å². The lowest BCUT2D eigenvalue weighted by atomic mass is 10.3. The first kappa shape index (κ1) is 16.9. The van der Waals surface area contributed by atoms with Crippen molar-refractivity contribution in [2.24, 2.45) is 0 Å². The first-order valence-electron chi connectivity index (χ1n) is 6.48. The van der Waals surface area contributed by atoms with E-state index in [9.17, 15) is 9.59 Å². The molecule has 0 saturated heterocycles. The molecule has 0 spiro atoms. The number of nitrogens with zero attached hydrogens (tertiary/aromatic N) is 1. The molecule has 0 radical (unpaired) electrons. The quantitative estimate of drug-likeness (QED) is 0.569. The SMILES string of the molecule is C#CCSCCNC(=O)N(CCC(=O)O)c1ccccc1. The van der Waals surface area contributed by atoms with Gasteiger partial charge in [-0.1, -0.05) is 24.1 Å². The van der Waals surface area contributed by atoms with E-state index in [1.165, 1.54) is 4.90 Å². The molecular formula is C15H18N2O3S. The number of hydrogen-bond donors (Lipinski definition) is 2. The van der Waals surface area contributed by atoms with E-state index < -0.39 is 5.97 Å². The van der Waals surface area contributed by atoms with E-state index in [-0.39, 0.29) is 19.0 Å². The van der Waals surface area contributed by atoms with E-state index in [1.807, 2.05) is 6.07 Å². The van der Waals surface area contributed by atoms with Crippen molar-refractivity contribution in [1.29, 1.82) is 0 Å². The largest absolute Gasteiger partial charge is 0.481 e. The summed E-state index contributed by atoms with van der Waals surface area (Å²) in [5.74, 6) is 2.90. The topological polar surface area (TPSA) is 69.6 Å². The number of urea groups is 1. The van der Waals surface area contributed by atoms with Gasteiger partial charge in [-0.15, -0.1) is 18.2 Å². The van der Waals surface area contributed by atoms with Gasteiger partial charge in [0.1, 0.15) is 0 Å². The summed E-state index contributed by atoms with van der Waals surface area (Å²) in [5.41, 5.74) is 0.674. The van der Waals surface area contributed by atoms with Crippen molar-refractivity contribution in [1.82, 2.24) is 5.32 Å². The van der Waals surface area contributed by atoms with E-state index in [0.717, 1.165) is 5.75 Å². The molecule has 0 aliphatic heterocycles. The zero-order valence-electron chi connectivity index (χ0n) is 11.6. The molecule has 0 aliphatic carbocycles. The normalized spacial score (nSPS) is 9.67. The summed E-state index contributed by atoms with van der Waals surface area (Å²) in [4.78, 5) is 24.3. The standard InChI is InChI=1S/C15H18N2O3S/c1-2-11-21-12-9-16-15(20)17(10-8-14(18)19)13-6-4-3-5-7-13/h1,3-7H,8-12H2,(H,16,20)(H,18,19). The molecule has 1 rings (SSSR count). The number of carbonyl (C=O) groups is 2. The Kier molecular flexibility index (Phi) is 7.84. The van der Waals surface area contributed by atoms with Gasteiger partial charge in [-0.05, 0) is 12.1 Å². The Labute approximate surface area is 128 Å². The number of carboxylic acids is 1. The van der Waals surface area contributed by atoms with E-state index in [1.54, 1.807) is 36.0 Å². The lowest BCUT2D eigenvalue weighted by Crippen LogP contribution is -2.42. The van der Waals surface area contributed by atoms with Gasteiger partial charge >= 0.3 is 12.0 Å². The second kappa shape index (κ2) is 9.72. The highest BCUT2D eigenvalue weighted by Gasteiger charge is 2.16. The fourth-order valence-corrected chi connectivity index (χ4v) is 2.13. The molecule has 1 aromatic rings. The minimum Gasteiger partial charge on any atom is -0.481 e. The molecular weight excluding hydrogens is 288 g/mol. The molecule has 0 fully saturated rings. The maximum atomic E-state index is 12.2. The van der Waals surface area contributed by atoms with Crippen molar-refractivity contribution < 1.29 is 14.7 Å². The van der Waals surface area contributed by atoms with Crippen LogP contribution < -0.4 is 10.2 Å². The number of thioether (sulfide) groups is 1. The van der Waals surface area contributed by atoms with Crippen LogP contribution >= 0.6 is 11.8 Å². The second-order valence-corrected chi connectivity index (χ2v) is 5.22. The first-order chi connectivity index (χ1) is 10.1. The molecule has 0 bridgehead atoms. The molecule has 1 aromatic carbocycles. The fourth-order valence-electron chi connectivity index (χ4n) is 1.62. The number of terminal acetylenes is 1. The monoisotopic (exact) mass is 306 g/mol. The molecule has 5 nitrogen and oxygen atoms in total. The van der Waals surface area contributed by atoms with Crippen molar-refractivity contribution in [3.8, 4) is 12.3 Å². The minimum absolute atomic E-state index is 0.103. The number of nitrogens with one attached hydrogen (secondary N) is 1. The summed E-state index contributed by atoms with van der Waals surface area (Å²) < 4.78 is 0. The van der Waals surface area contributed by atoms with E-state index in [0.29, 0.717) is 18.0 Å². The van der Waals surface area contributed by atoms with Crippen molar-refractivity contribution >= 4 is 29.4 Å². The number of carboxylic acid groups (broad SMARTS) is 1. The van der Waals surface area contributed by atoms with Crippen molar-refractivity contribution in [3.63, 3.8) is 0 Å². The number of benzene rings is 1. The molecule has 2 amide bonds. The van der Waals surface area contributed by atoms with Crippen LogP contribution in [-0.2, 0) is 4.79 Å². The zero-order valence-corrected chi connectivity index (χ0v) is 12.4. The van der Waals surface area contributed by atoms with Crippen molar-refractivity contribution in [3.05, 3.63) is 30.3 Å². The van der Waals surface area contributed by atoms with Crippen molar-refractivity contribution in [2.45, 2.75) is 6.42 Å². The van der Waals surface area contributed by atoms with E-state index in [4.69, 9.17) is 11.5 Å². The van der Waals surface area contributed by atoms with Gasteiger partial charge in [0.2, 0.25) is 0 Å². The average Bonchev–Trinajstić information content (AvgIpc) is 2.48. The number of carbonyl (C=O) groups excluding carboxylic acids is 1. The summed E-state index contributed by atoms with van der Waals surface area (Å²) >= 11 is 1.56. The lowest BCUT2D eigenvalue weighted by Gasteiger charge is -2.22. The summed E-state index contributed by atoms with van der Waals surface area (Å²) in [6.07, 6.45) is 5.04. The predicted octanol–water partition coefficient (Wildman–Crippen LogP) is 2.04. The highest BCUT2D eigenvalue weighted by molar-refractivity contribution is 7.99. The summed E-state index contributed by atoms with van der Waals surface area (Å²) in [6, 6.07) is 8.69. The van der Waals surface area contributed by atoms with Crippen LogP contribution in [0.25, 0.3) is 0 Å². The number of amides is 2. The smallest absolute Gasteiger partial charge is 0.321 e. The third kappa shape index (κ3) is 6.72. The molecule has 2 N–H and O–H groups in total. The van der Waals surface area contributed by atoms with Crippen LogP contribution in [-0.4, -0.2) is 41.7 Å². The Bertz CT molecular complexity index is 499. The van der Waals surface area contributed by atoms with Gasteiger partial charge in [0, 0.05) is 24.5 Å². The van der Waals surface area contributed by atoms with Crippen LogP contribution in [0.5, 0.6) is 0 Å². The molecule has 21 heavy (non-hydrogen) atoms. The Morgan fingerprint density at radius 3 is 2.67 bits per heavy atom. The van der Waals surface area contributed by atoms with Gasteiger partial charge in [-0.25, -0.2) is 4.79 Å². The first-order valence-corrected chi connectivity index (χ1v) is 7.64. The minimum atomic E-state index is -0.937. The number of hydrogen-bond acceptors (Lipinski definition) is 3. The lowest BCUT2D eigenvalue weighted by molar-refractivity contribution is -0.136. The highest BCUT2D eigenvalue weighted by Crippen LogP contribution is 2.13. The number of rotatable bonds is 8. The third-order valence-corrected chi connectivity index (χ3v) is 3.43. The molecule has 0 heterocycles. The number of para-hydroxylation sites is 1. The summed E-state index contributed by atoms with van der Waals surface area (Å²) in [7, 11) is 0. The zero-order chi connectivity index (χ0) is 15.5. The molecule has 0 atom stereocenters. The van der Waals surface area contributed by atoms with Crippen molar-refractivity contribution in [2.75, 3.05) is 29.5 Å². The number of anilines is 1. The van der Waals surface area contributed by atoms with Gasteiger partial charge in [-0.3, -0.25) is 9.69 Å².